The zero-order valence-corrected chi connectivity index (χ0v) is 10.9. The van der Waals surface area contributed by atoms with E-state index in [1.165, 1.54) is 14.2 Å². The van der Waals surface area contributed by atoms with Crippen molar-refractivity contribution in [2.24, 2.45) is 22.7 Å². The Balaban J connectivity index is 2.28. The van der Waals surface area contributed by atoms with Gasteiger partial charge in [0, 0.05) is 0 Å². The summed E-state index contributed by atoms with van der Waals surface area (Å²) >= 11 is 0. The van der Waals surface area contributed by atoms with Gasteiger partial charge in [-0.2, -0.15) is 0 Å². The fourth-order valence-electron chi connectivity index (χ4n) is 3.64. The van der Waals surface area contributed by atoms with E-state index in [2.05, 4.69) is 13.8 Å². The third kappa shape index (κ3) is 1.49. The Bertz CT molecular complexity index is 344. The van der Waals surface area contributed by atoms with E-state index in [9.17, 15) is 9.59 Å². The Morgan fingerprint density at radius 2 is 1.65 bits per heavy atom. The molecular weight excluding hydrogens is 220 g/mol. The van der Waals surface area contributed by atoms with Crippen molar-refractivity contribution in [1.82, 2.24) is 0 Å². The largest absolute Gasteiger partial charge is 0.468 e. The molecular formula is C13H20O4. The molecule has 0 aromatic carbocycles. The van der Waals surface area contributed by atoms with Gasteiger partial charge >= 0.3 is 11.9 Å². The first-order valence-corrected chi connectivity index (χ1v) is 6.10. The van der Waals surface area contributed by atoms with E-state index in [0.717, 1.165) is 6.42 Å². The highest BCUT2D eigenvalue weighted by Crippen LogP contribution is 2.72. The standard InChI is InChI=1S/C13H20O4/c1-8(2)12-5-9(12)6-13(7-12,10(14)16-3)11(15)17-4/h8-9H,5-7H2,1-4H3/t9?,12-/m1/s1. The molecule has 0 aromatic heterocycles. The molecule has 1 unspecified atom stereocenters. The van der Waals surface area contributed by atoms with Crippen LogP contribution in [-0.4, -0.2) is 26.2 Å². The van der Waals surface area contributed by atoms with Gasteiger partial charge in [0.15, 0.2) is 5.41 Å². The minimum atomic E-state index is -1.04. The summed E-state index contributed by atoms with van der Waals surface area (Å²) < 4.78 is 9.63. The third-order valence-electron chi connectivity index (χ3n) is 4.81. The summed E-state index contributed by atoms with van der Waals surface area (Å²) in [7, 11) is 2.66. The lowest BCUT2D eigenvalue weighted by molar-refractivity contribution is -0.170. The van der Waals surface area contributed by atoms with Gasteiger partial charge in [0.2, 0.25) is 0 Å². The Kier molecular flexibility index (Phi) is 2.71. The van der Waals surface area contributed by atoms with E-state index >= 15 is 0 Å². The molecule has 0 radical (unpaired) electrons. The minimum absolute atomic E-state index is 0.155. The Labute approximate surface area is 102 Å². The summed E-state index contributed by atoms with van der Waals surface area (Å²) in [6.45, 7) is 4.31. The SMILES string of the molecule is COC(=O)C1(C(=O)OC)CC2C[C@]2(C(C)C)C1. The van der Waals surface area contributed by atoms with E-state index < -0.39 is 17.4 Å². The van der Waals surface area contributed by atoms with Gasteiger partial charge in [-0.15, -0.1) is 0 Å². The summed E-state index contributed by atoms with van der Waals surface area (Å²) in [6, 6.07) is 0. The Morgan fingerprint density at radius 1 is 1.12 bits per heavy atom. The highest BCUT2D eigenvalue weighted by atomic mass is 16.5. The zero-order chi connectivity index (χ0) is 12.8. The average molecular weight is 240 g/mol. The van der Waals surface area contributed by atoms with Gasteiger partial charge in [0.05, 0.1) is 14.2 Å². The number of rotatable bonds is 3. The Hall–Kier alpha value is -1.06. The van der Waals surface area contributed by atoms with Crippen molar-refractivity contribution in [3.8, 4) is 0 Å². The Morgan fingerprint density at radius 3 is 2.00 bits per heavy atom. The van der Waals surface area contributed by atoms with Gasteiger partial charge in [-0.05, 0) is 36.5 Å². The summed E-state index contributed by atoms with van der Waals surface area (Å²) in [4.78, 5) is 23.9. The van der Waals surface area contributed by atoms with E-state index in [-0.39, 0.29) is 5.41 Å². The minimum Gasteiger partial charge on any atom is -0.468 e. The van der Waals surface area contributed by atoms with Crippen molar-refractivity contribution in [3.05, 3.63) is 0 Å². The molecule has 2 atom stereocenters. The van der Waals surface area contributed by atoms with Crippen molar-refractivity contribution in [3.63, 3.8) is 0 Å². The van der Waals surface area contributed by atoms with Crippen molar-refractivity contribution in [2.75, 3.05) is 14.2 Å². The number of ether oxygens (including phenoxy) is 2. The molecule has 2 aliphatic rings. The molecule has 2 fully saturated rings. The average Bonchev–Trinajstić information content (AvgIpc) is 2.91. The predicted octanol–water partition coefficient (Wildman–Crippen LogP) is 1.77. The van der Waals surface area contributed by atoms with Crippen LogP contribution in [0.15, 0.2) is 0 Å². The van der Waals surface area contributed by atoms with Crippen LogP contribution in [0.2, 0.25) is 0 Å². The normalized spacial score (nSPS) is 33.1. The second kappa shape index (κ2) is 3.72. The van der Waals surface area contributed by atoms with Crippen LogP contribution in [0.3, 0.4) is 0 Å². The molecule has 2 rings (SSSR count). The predicted molar refractivity (Wildman–Crippen MR) is 61.1 cm³/mol. The highest BCUT2D eigenvalue weighted by molar-refractivity contribution is 6.00. The lowest BCUT2D eigenvalue weighted by Crippen LogP contribution is -2.41. The van der Waals surface area contributed by atoms with Crippen molar-refractivity contribution < 1.29 is 19.1 Å². The first-order valence-electron chi connectivity index (χ1n) is 6.10. The molecule has 0 N–H and O–H groups in total. The smallest absolute Gasteiger partial charge is 0.323 e. The van der Waals surface area contributed by atoms with E-state index in [1.807, 2.05) is 0 Å². The van der Waals surface area contributed by atoms with Crippen molar-refractivity contribution >= 4 is 11.9 Å². The molecule has 0 spiro atoms. The number of carbonyl (C=O) groups excluding carboxylic acids is 2. The second-order valence-corrected chi connectivity index (χ2v) is 5.74. The van der Waals surface area contributed by atoms with Gasteiger partial charge in [-0.25, -0.2) is 0 Å². The fraction of sp³-hybridized carbons (Fsp3) is 0.846. The lowest BCUT2D eigenvalue weighted by Gasteiger charge is -2.27. The van der Waals surface area contributed by atoms with Gasteiger partial charge in [0.1, 0.15) is 0 Å². The van der Waals surface area contributed by atoms with Crippen LogP contribution in [0.25, 0.3) is 0 Å². The summed E-state index contributed by atoms with van der Waals surface area (Å²) in [5, 5.41) is 0. The fourth-order valence-corrected chi connectivity index (χ4v) is 3.64. The highest BCUT2D eigenvalue weighted by Gasteiger charge is 2.71. The molecule has 0 aliphatic heterocycles. The van der Waals surface area contributed by atoms with Crippen LogP contribution in [0, 0.1) is 22.7 Å². The number of methoxy groups -OCH3 is 2. The van der Waals surface area contributed by atoms with Crippen LogP contribution in [0.4, 0.5) is 0 Å². The zero-order valence-electron chi connectivity index (χ0n) is 10.9. The number of esters is 2. The van der Waals surface area contributed by atoms with Crippen LogP contribution in [-0.2, 0) is 19.1 Å². The maximum Gasteiger partial charge on any atom is 0.323 e. The summed E-state index contributed by atoms with van der Waals surface area (Å²) in [5.41, 5.74) is -0.890. The molecule has 0 aromatic rings. The van der Waals surface area contributed by atoms with Gasteiger partial charge in [0.25, 0.3) is 0 Å². The second-order valence-electron chi connectivity index (χ2n) is 5.74. The molecule has 2 aliphatic carbocycles. The molecule has 0 amide bonds. The van der Waals surface area contributed by atoms with Gasteiger partial charge in [-0.1, -0.05) is 13.8 Å². The van der Waals surface area contributed by atoms with E-state index in [4.69, 9.17) is 9.47 Å². The monoisotopic (exact) mass is 240 g/mol. The van der Waals surface area contributed by atoms with Crippen LogP contribution in [0.1, 0.15) is 33.1 Å². The van der Waals surface area contributed by atoms with Gasteiger partial charge < -0.3 is 9.47 Å². The van der Waals surface area contributed by atoms with E-state index in [0.29, 0.717) is 24.7 Å². The van der Waals surface area contributed by atoms with E-state index in [1.54, 1.807) is 0 Å². The number of carbonyl (C=O) groups is 2. The van der Waals surface area contributed by atoms with Crippen molar-refractivity contribution in [1.29, 1.82) is 0 Å². The topological polar surface area (TPSA) is 52.6 Å². The first-order chi connectivity index (χ1) is 7.93. The molecule has 4 nitrogen and oxygen atoms in total. The quantitative estimate of drug-likeness (QED) is 0.557. The van der Waals surface area contributed by atoms with Crippen LogP contribution < -0.4 is 0 Å². The summed E-state index contributed by atoms with van der Waals surface area (Å²) in [6.07, 6.45) is 2.30. The molecule has 2 saturated carbocycles. The van der Waals surface area contributed by atoms with Gasteiger partial charge in [-0.3, -0.25) is 9.59 Å². The van der Waals surface area contributed by atoms with Crippen LogP contribution >= 0.6 is 0 Å². The number of hydrogen-bond acceptors (Lipinski definition) is 4. The molecule has 0 saturated heterocycles. The summed E-state index contributed by atoms with van der Waals surface area (Å²) in [5.74, 6) is 0.0949. The number of hydrogen-bond donors (Lipinski definition) is 0. The maximum atomic E-state index is 11.9. The molecule has 96 valence electrons. The van der Waals surface area contributed by atoms with Crippen LogP contribution in [0.5, 0.6) is 0 Å². The lowest BCUT2D eigenvalue weighted by atomic mass is 9.78. The molecule has 17 heavy (non-hydrogen) atoms. The van der Waals surface area contributed by atoms with Crippen molar-refractivity contribution in [2.45, 2.75) is 33.1 Å². The third-order valence-corrected chi connectivity index (χ3v) is 4.81. The molecule has 0 bridgehead atoms. The first kappa shape index (κ1) is 12.4. The molecule has 4 heteroatoms. The maximum absolute atomic E-state index is 11.9. The number of fused-ring (bicyclic) bond motifs is 1. The molecule has 0 heterocycles.